The Morgan fingerprint density at radius 2 is 1.54 bits per heavy atom. The molecule has 2 heterocycles. The first-order chi connectivity index (χ1) is 22.5. The molecule has 0 saturated carbocycles. The Kier molecular flexibility index (Phi) is 9.91. The summed E-state index contributed by atoms with van der Waals surface area (Å²) in [5, 5.41) is 6.71. The molecule has 0 radical (unpaired) electrons. The first-order valence-corrected chi connectivity index (χ1v) is 16.8. The van der Waals surface area contributed by atoms with Gasteiger partial charge in [-0.15, -0.1) is 0 Å². The molecule has 0 aliphatic rings. The van der Waals surface area contributed by atoms with Gasteiger partial charge in [-0.25, -0.2) is 0 Å². The SMILES string of the molecule is CC(C)(C)c1ccc(C(Cc2ccc(C(=O)NCCS(=O)(=O)O)cc2)c2cc(-c3ccc(-c4ccc(C(F)(F)F)cc4Cl)o3)on2)cc1. The van der Waals surface area contributed by atoms with Crippen molar-refractivity contribution in [3.05, 3.63) is 123 Å². The number of carbonyl (C=O) groups is 1. The van der Waals surface area contributed by atoms with Crippen LogP contribution in [0, 0.1) is 0 Å². The molecule has 0 aliphatic heterocycles. The van der Waals surface area contributed by atoms with Crippen molar-refractivity contribution >= 4 is 27.6 Å². The van der Waals surface area contributed by atoms with Gasteiger partial charge in [0.2, 0.25) is 5.76 Å². The number of aromatic nitrogens is 1. The van der Waals surface area contributed by atoms with Crippen LogP contribution < -0.4 is 5.32 Å². The third kappa shape index (κ3) is 8.55. The van der Waals surface area contributed by atoms with E-state index in [-0.39, 0.29) is 28.7 Å². The molecule has 13 heteroatoms. The number of alkyl halides is 3. The van der Waals surface area contributed by atoms with Crippen LogP contribution in [0.15, 0.2) is 93.9 Å². The van der Waals surface area contributed by atoms with Gasteiger partial charge in [0.1, 0.15) is 5.76 Å². The van der Waals surface area contributed by atoms with E-state index in [0.29, 0.717) is 34.8 Å². The fourth-order valence-corrected chi connectivity index (χ4v) is 5.74. The van der Waals surface area contributed by atoms with Gasteiger partial charge < -0.3 is 14.3 Å². The lowest BCUT2D eigenvalue weighted by Gasteiger charge is -2.21. The molecular weight excluding hydrogens is 669 g/mol. The Balaban J connectivity index is 1.40. The lowest BCUT2D eigenvalue weighted by Crippen LogP contribution is -2.28. The Bertz CT molecular complexity index is 2010. The van der Waals surface area contributed by atoms with Crippen molar-refractivity contribution in [3.8, 4) is 22.8 Å². The van der Waals surface area contributed by atoms with Gasteiger partial charge in [0.05, 0.1) is 22.0 Å². The summed E-state index contributed by atoms with van der Waals surface area (Å²) in [6.45, 7) is 6.15. The zero-order chi connectivity index (χ0) is 34.9. The zero-order valence-corrected chi connectivity index (χ0v) is 27.7. The third-order valence-corrected chi connectivity index (χ3v) is 8.81. The summed E-state index contributed by atoms with van der Waals surface area (Å²) in [7, 11) is -4.20. The minimum Gasteiger partial charge on any atom is -0.453 e. The lowest BCUT2D eigenvalue weighted by molar-refractivity contribution is -0.137. The number of hydrogen-bond acceptors (Lipinski definition) is 6. The van der Waals surface area contributed by atoms with Crippen molar-refractivity contribution in [2.24, 2.45) is 0 Å². The minimum atomic E-state index is -4.53. The minimum absolute atomic E-state index is 0.0557. The first kappa shape index (κ1) is 34.9. The van der Waals surface area contributed by atoms with Gasteiger partial charge in [-0.3, -0.25) is 9.35 Å². The van der Waals surface area contributed by atoms with Gasteiger partial charge in [0.15, 0.2) is 5.76 Å². The van der Waals surface area contributed by atoms with Crippen molar-refractivity contribution in [1.82, 2.24) is 10.5 Å². The van der Waals surface area contributed by atoms with Gasteiger partial charge in [-0.1, -0.05) is 73.9 Å². The summed E-state index contributed by atoms with van der Waals surface area (Å²) < 4.78 is 81.7. The Labute approximate surface area is 280 Å². The molecule has 3 aromatic carbocycles. The maximum absolute atomic E-state index is 13.1. The van der Waals surface area contributed by atoms with E-state index in [2.05, 4.69) is 43.4 Å². The quantitative estimate of drug-likeness (QED) is 0.140. The highest BCUT2D eigenvalue weighted by molar-refractivity contribution is 7.85. The van der Waals surface area contributed by atoms with Crippen LogP contribution in [-0.2, 0) is 28.1 Å². The number of furan rings is 1. The second kappa shape index (κ2) is 13.6. The summed E-state index contributed by atoms with van der Waals surface area (Å²) in [4.78, 5) is 12.5. The van der Waals surface area contributed by atoms with E-state index in [1.54, 1.807) is 42.5 Å². The fraction of sp³-hybridized carbons (Fsp3) is 0.257. The van der Waals surface area contributed by atoms with E-state index in [9.17, 15) is 26.4 Å². The molecule has 0 fully saturated rings. The third-order valence-electron chi connectivity index (χ3n) is 7.78. The second-order valence-electron chi connectivity index (χ2n) is 12.3. The van der Waals surface area contributed by atoms with Crippen LogP contribution >= 0.6 is 11.6 Å². The molecule has 2 N–H and O–H groups in total. The maximum Gasteiger partial charge on any atom is 0.416 e. The van der Waals surface area contributed by atoms with Crippen LogP contribution in [0.5, 0.6) is 0 Å². The van der Waals surface area contributed by atoms with Gasteiger partial charge in [0, 0.05) is 29.7 Å². The average molecular weight is 701 g/mol. The van der Waals surface area contributed by atoms with E-state index < -0.39 is 33.5 Å². The number of hydrogen-bond donors (Lipinski definition) is 2. The van der Waals surface area contributed by atoms with Gasteiger partial charge in [0.25, 0.3) is 16.0 Å². The van der Waals surface area contributed by atoms with Crippen LogP contribution in [0.3, 0.4) is 0 Å². The van der Waals surface area contributed by atoms with Gasteiger partial charge in [-0.2, -0.15) is 21.6 Å². The van der Waals surface area contributed by atoms with E-state index in [4.69, 9.17) is 25.1 Å². The Morgan fingerprint density at radius 3 is 2.15 bits per heavy atom. The molecule has 252 valence electrons. The number of amides is 1. The molecule has 5 rings (SSSR count). The number of benzene rings is 3. The number of nitrogens with zero attached hydrogens (tertiary/aromatic N) is 1. The zero-order valence-electron chi connectivity index (χ0n) is 26.1. The summed E-state index contributed by atoms with van der Waals surface area (Å²) in [6.07, 6.45) is -4.04. The molecule has 1 atom stereocenters. The molecule has 0 saturated heterocycles. The van der Waals surface area contributed by atoms with Crippen LogP contribution in [0.2, 0.25) is 5.02 Å². The van der Waals surface area contributed by atoms with E-state index in [1.807, 2.05) is 12.1 Å². The van der Waals surface area contributed by atoms with Crippen LogP contribution in [-0.4, -0.2) is 36.3 Å². The van der Waals surface area contributed by atoms with Crippen molar-refractivity contribution in [1.29, 1.82) is 0 Å². The number of nitrogens with one attached hydrogen (secondary N) is 1. The number of halogens is 4. The Hall–Kier alpha value is -4.39. The van der Waals surface area contributed by atoms with Crippen LogP contribution in [0.4, 0.5) is 13.2 Å². The van der Waals surface area contributed by atoms with Crippen LogP contribution in [0.1, 0.15) is 65.0 Å². The fourth-order valence-electron chi connectivity index (χ4n) is 5.11. The van der Waals surface area contributed by atoms with Crippen molar-refractivity contribution in [2.75, 3.05) is 12.3 Å². The molecule has 2 aromatic heterocycles. The van der Waals surface area contributed by atoms with Crippen LogP contribution in [0.25, 0.3) is 22.8 Å². The average Bonchev–Trinajstić information content (AvgIpc) is 3.69. The normalized spacial score (nSPS) is 13.0. The molecule has 0 aliphatic carbocycles. The molecule has 8 nitrogen and oxygen atoms in total. The Morgan fingerprint density at radius 1 is 0.896 bits per heavy atom. The molecule has 0 spiro atoms. The summed E-state index contributed by atoms with van der Waals surface area (Å²) in [5.74, 6) is -0.453. The molecule has 48 heavy (non-hydrogen) atoms. The predicted octanol–water partition coefficient (Wildman–Crippen LogP) is 8.56. The maximum atomic E-state index is 13.1. The first-order valence-electron chi connectivity index (χ1n) is 14.8. The van der Waals surface area contributed by atoms with Gasteiger partial charge >= 0.3 is 6.18 Å². The van der Waals surface area contributed by atoms with Gasteiger partial charge in [-0.05, 0) is 71.0 Å². The highest BCUT2D eigenvalue weighted by Gasteiger charge is 2.31. The molecular formula is C35H32ClF3N2O6S. The van der Waals surface area contributed by atoms with E-state index in [0.717, 1.165) is 28.8 Å². The highest BCUT2D eigenvalue weighted by atomic mass is 35.5. The topological polar surface area (TPSA) is 123 Å². The van der Waals surface area contributed by atoms with Crippen molar-refractivity contribution in [2.45, 2.75) is 44.7 Å². The van der Waals surface area contributed by atoms with Crippen molar-refractivity contribution < 1.29 is 39.9 Å². The summed E-state index contributed by atoms with van der Waals surface area (Å²) in [6, 6.07) is 23.1. The number of carbonyl (C=O) groups excluding carboxylic acids is 1. The predicted molar refractivity (Wildman–Crippen MR) is 176 cm³/mol. The lowest BCUT2D eigenvalue weighted by atomic mass is 9.83. The van der Waals surface area contributed by atoms with Crippen molar-refractivity contribution in [3.63, 3.8) is 0 Å². The van der Waals surface area contributed by atoms with E-state index in [1.165, 1.54) is 6.07 Å². The molecule has 1 amide bonds. The monoisotopic (exact) mass is 700 g/mol. The second-order valence-corrected chi connectivity index (χ2v) is 14.3. The molecule has 1 unspecified atom stereocenters. The molecule has 5 aromatic rings. The standard InChI is InChI=1S/C35H32ClF3N2O6S/c1-34(2,3)24-10-8-22(9-11-24)27(18-21-4-6-23(7-5-21)33(42)40-16-17-48(43,44)45)29-20-32(47-41-29)31-15-14-30(46-31)26-13-12-25(19-28(26)36)35(37,38)39/h4-15,19-20,27H,16-18H2,1-3H3,(H,40,42)(H,43,44,45). The highest BCUT2D eigenvalue weighted by Crippen LogP contribution is 2.38. The largest absolute Gasteiger partial charge is 0.453 e. The van der Waals surface area contributed by atoms with E-state index >= 15 is 0 Å². The number of rotatable bonds is 10. The summed E-state index contributed by atoms with van der Waals surface area (Å²) in [5.41, 5.74) is 3.31. The molecule has 0 bridgehead atoms. The smallest absolute Gasteiger partial charge is 0.416 e. The summed E-state index contributed by atoms with van der Waals surface area (Å²) >= 11 is 6.17.